The van der Waals surface area contributed by atoms with Crippen LogP contribution in [-0.4, -0.2) is 48.6 Å². The molecule has 4 rings (SSSR count). The van der Waals surface area contributed by atoms with Gasteiger partial charge in [-0.3, -0.25) is 9.59 Å². The average molecular weight is 377 g/mol. The van der Waals surface area contributed by atoms with Gasteiger partial charge in [0, 0.05) is 18.7 Å². The highest BCUT2D eigenvalue weighted by Crippen LogP contribution is 2.29. The van der Waals surface area contributed by atoms with Crippen LogP contribution in [0.4, 0.5) is 0 Å². The highest BCUT2D eigenvalue weighted by molar-refractivity contribution is 5.83. The van der Waals surface area contributed by atoms with Gasteiger partial charge < -0.3 is 10.0 Å². The van der Waals surface area contributed by atoms with Crippen molar-refractivity contribution >= 4 is 11.9 Å². The van der Waals surface area contributed by atoms with Crippen LogP contribution in [0.25, 0.3) is 11.4 Å². The zero-order valence-electron chi connectivity index (χ0n) is 15.3. The minimum atomic E-state index is -0.942. The van der Waals surface area contributed by atoms with E-state index in [0.29, 0.717) is 12.4 Å². The van der Waals surface area contributed by atoms with Crippen molar-refractivity contribution < 1.29 is 14.7 Å². The summed E-state index contributed by atoms with van der Waals surface area (Å²) in [7, 11) is 0. The minimum absolute atomic E-state index is 0.121. The number of carbonyl (C=O) groups excluding carboxylic acids is 1. The first kappa shape index (κ1) is 17.8. The number of benzene rings is 2. The Bertz CT molecular complexity index is 1020. The highest BCUT2D eigenvalue weighted by Gasteiger charge is 2.34. The fourth-order valence-electron chi connectivity index (χ4n) is 3.44. The van der Waals surface area contributed by atoms with Gasteiger partial charge >= 0.3 is 5.97 Å². The van der Waals surface area contributed by atoms with E-state index in [-0.39, 0.29) is 12.5 Å². The van der Waals surface area contributed by atoms with Crippen molar-refractivity contribution in [2.75, 3.05) is 6.54 Å². The van der Waals surface area contributed by atoms with Crippen LogP contribution in [-0.2, 0) is 16.1 Å². The van der Waals surface area contributed by atoms with Crippen LogP contribution in [0.5, 0.6) is 0 Å². The van der Waals surface area contributed by atoms with Crippen LogP contribution < -0.4 is 0 Å². The third-order valence-electron chi connectivity index (χ3n) is 4.97. The van der Waals surface area contributed by atoms with Crippen LogP contribution in [0.3, 0.4) is 0 Å². The molecule has 1 N–H and O–H groups in total. The van der Waals surface area contributed by atoms with Gasteiger partial charge in [0.1, 0.15) is 6.04 Å². The monoisotopic (exact) mass is 377 g/mol. The van der Waals surface area contributed by atoms with Gasteiger partial charge in [-0.2, -0.15) is 4.80 Å². The maximum Gasteiger partial charge on any atom is 0.312 e. The molecule has 2 heterocycles. The second-order valence-corrected chi connectivity index (χ2v) is 6.78. The van der Waals surface area contributed by atoms with Crippen LogP contribution in [0, 0.1) is 0 Å². The molecule has 3 aromatic rings. The predicted molar refractivity (Wildman–Crippen MR) is 100 cm³/mol. The molecule has 1 amide bonds. The topological polar surface area (TPSA) is 101 Å². The van der Waals surface area contributed by atoms with E-state index in [1.807, 2.05) is 54.6 Å². The zero-order valence-corrected chi connectivity index (χ0v) is 15.3. The van der Waals surface area contributed by atoms with Gasteiger partial charge in [-0.25, -0.2) is 0 Å². The van der Waals surface area contributed by atoms with E-state index in [1.165, 1.54) is 4.80 Å². The summed E-state index contributed by atoms with van der Waals surface area (Å²) < 4.78 is 0. The van der Waals surface area contributed by atoms with Crippen LogP contribution in [0.1, 0.15) is 30.0 Å². The quantitative estimate of drug-likeness (QED) is 0.747. The van der Waals surface area contributed by atoms with Crippen molar-refractivity contribution in [2.24, 2.45) is 0 Å². The fourth-order valence-corrected chi connectivity index (χ4v) is 3.44. The second kappa shape index (κ2) is 7.22. The normalized spacial score (nSPS) is 17.0. The first-order valence-electron chi connectivity index (χ1n) is 8.99. The molecule has 0 spiro atoms. The maximum atomic E-state index is 13.0. The number of carboxylic acid groups (broad SMARTS) is 1. The standard InChI is InChI=1S/C20H19N5O3/c1-13(25-22-18(21-23-25)14-7-3-2-4-8-14)19(26)24-11-15-9-5-6-10-16(15)17(12-24)20(27)28/h2-10,13,17H,11-12H2,1H3,(H,27,28). The Morgan fingerprint density at radius 1 is 1.11 bits per heavy atom. The summed E-state index contributed by atoms with van der Waals surface area (Å²) in [5.74, 6) is -1.49. The van der Waals surface area contributed by atoms with Gasteiger partial charge in [-0.15, -0.1) is 10.2 Å². The third-order valence-corrected chi connectivity index (χ3v) is 4.97. The molecule has 142 valence electrons. The van der Waals surface area contributed by atoms with E-state index in [0.717, 1.165) is 16.7 Å². The van der Waals surface area contributed by atoms with Crippen molar-refractivity contribution in [1.29, 1.82) is 0 Å². The van der Waals surface area contributed by atoms with Gasteiger partial charge in [-0.05, 0) is 23.3 Å². The van der Waals surface area contributed by atoms with Crippen molar-refractivity contribution in [3.63, 3.8) is 0 Å². The van der Waals surface area contributed by atoms with Gasteiger partial charge in [0.05, 0.1) is 5.92 Å². The zero-order chi connectivity index (χ0) is 19.7. The molecule has 0 aliphatic carbocycles. The number of aromatic nitrogens is 4. The Hall–Kier alpha value is -3.55. The first-order chi connectivity index (χ1) is 13.5. The van der Waals surface area contributed by atoms with Crippen molar-refractivity contribution in [3.05, 3.63) is 65.7 Å². The van der Waals surface area contributed by atoms with Crippen molar-refractivity contribution in [2.45, 2.75) is 25.4 Å². The van der Waals surface area contributed by atoms with Crippen LogP contribution >= 0.6 is 0 Å². The van der Waals surface area contributed by atoms with Gasteiger partial charge in [-0.1, -0.05) is 54.6 Å². The lowest BCUT2D eigenvalue weighted by atomic mass is 9.89. The number of rotatable bonds is 4. The summed E-state index contributed by atoms with van der Waals surface area (Å²) in [4.78, 5) is 27.6. The van der Waals surface area contributed by atoms with E-state index < -0.39 is 17.9 Å². The Morgan fingerprint density at radius 2 is 1.82 bits per heavy atom. The van der Waals surface area contributed by atoms with E-state index >= 15 is 0 Å². The molecule has 2 aromatic carbocycles. The molecule has 8 nitrogen and oxygen atoms in total. The number of fused-ring (bicyclic) bond motifs is 1. The largest absolute Gasteiger partial charge is 0.481 e. The minimum Gasteiger partial charge on any atom is -0.481 e. The molecule has 2 atom stereocenters. The predicted octanol–water partition coefficient (Wildman–Crippen LogP) is 2.11. The first-order valence-corrected chi connectivity index (χ1v) is 8.99. The number of hydrogen-bond donors (Lipinski definition) is 1. The Labute approximate surface area is 161 Å². The number of amides is 1. The molecule has 0 saturated heterocycles. The molecule has 28 heavy (non-hydrogen) atoms. The fraction of sp³-hybridized carbons (Fsp3) is 0.250. The molecule has 2 unspecified atom stereocenters. The number of carbonyl (C=O) groups is 2. The lowest BCUT2D eigenvalue weighted by Crippen LogP contribution is -2.43. The van der Waals surface area contributed by atoms with Gasteiger partial charge in [0.2, 0.25) is 11.7 Å². The second-order valence-electron chi connectivity index (χ2n) is 6.78. The number of nitrogens with zero attached hydrogens (tertiary/aromatic N) is 5. The van der Waals surface area contributed by atoms with Crippen LogP contribution in [0.2, 0.25) is 0 Å². The summed E-state index contributed by atoms with van der Waals surface area (Å²) in [5, 5.41) is 22.0. The van der Waals surface area contributed by atoms with Gasteiger partial charge in [0.15, 0.2) is 0 Å². The molecular weight excluding hydrogens is 358 g/mol. The van der Waals surface area contributed by atoms with E-state index in [9.17, 15) is 14.7 Å². The summed E-state index contributed by atoms with van der Waals surface area (Å²) >= 11 is 0. The van der Waals surface area contributed by atoms with Crippen molar-refractivity contribution in [1.82, 2.24) is 25.1 Å². The summed E-state index contributed by atoms with van der Waals surface area (Å²) in [6, 6.07) is 16.0. The molecule has 1 aliphatic heterocycles. The number of tetrazole rings is 1. The van der Waals surface area contributed by atoms with Gasteiger partial charge in [0.25, 0.3) is 0 Å². The lowest BCUT2D eigenvalue weighted by molar-refractivity contribution is -0.142. The Balaban J connectivity index is 1.56. The average Bonchev–Trinajstić information content (AvgIpc) is 3.22. The summed E-state index contributed by atoms with van der Waals surface area (Å²) in [5.41, 5.74) is 2.42. The molecule has 1 aromatic heterocycles. The molecule has 1 aliphatic rings. The van der Waals surface area contributed by atoms with E-state index in [2.05, 4.69) is 15.4 Å². The summed E-state index contributed by atoms with van der Waals surface area (Å²) in [6.07, 6.45) is 0. The third kappa shape index (κ3) is 3.24. The number of carboxylic acids is 1. The Kier molecular flexibility index (Phi) is 4.60. The van der Waals surface area contributed by atoms with E-state index in [4.69, 9.17) is 0 Å². The highest BCUT2D eigenvalue weighted by atomic mass is 16.4. The smallest absolute Gasteiger partial charge is 0.312 e. The number of aliphatic carboxylic acids is 1. The molecule has 0 saturated carbocycles. The number of hydrogen-bond acceptors (Lipinski definition) is 5. The van der Waals surface area contributed by atoms with Crippen LogP contribution in [0.15, 0.2) is 54.6 Å². The molecule has 8 heteroatoms. The molecule has 0 fully saturated rings. The van der Waals surface area contributed by atoms with E-state index in [1.54, 1.807) is 11.8 Å². The lowest BCUT2D eigenvalue weighted by Gasteiger charge is -2.34. The maximum absolute atomic E-state index is 13.0. The summed E-state index contributed by atoms with van der Waals surface area (Å²) in [6.45, 7) is 2.17. The Morgan fingerprint density at radius 3 is 2.57 bits per heavy atom. The van der Waals surface area contributed by atoms with Crippen molar-refractivity contribution in [3.8, 4) is 11.4 Å². The molecule has 0 bridgehead atoms. The SMILES string of the molecule is CC(C(=O)N1Cc2ccccc2C(C(=O)O)C1)n1nnc(-c2ccccc2)n1. The molecule has 0 radical (unpaired) electrons. The molecular formula is C20H19N5O3.